The summed E-state index contributed by atoms with van der Waals surface area (Å²) in [6, 6.07) is 0.546. The fourth-order valence-corrected chi connectivity index (χ4v) is 5.53. The molecule has 1 saturated carbocycles. The van der Waals surface area contributed by atoms with Crippen molar-refractivity contribution in [1.29, 1.82) is 5.26 Å². The average Bonchev–Trinajstić information content (AvgIpc) is 3.49. The Kier molecular flexibility index (Phi) is 22.5. The van der Waals surface area contributed by atoms with Gasteiger partial charge in [-0.15, -0.1) is 0 Å². The van der Waals surface area contributed by atoms with Crippen LogP contribution in [0.2, 0.25) is 0 Å². The molecule has 1 rings (SSSR count). The van der Waals surface area contributed by atoms with E-state index >= 15 is 0 Å². The Morgan fingerprint density at radius 2 is 1.51 bits per heavy atom. The molecule has 14 heteroatoms. The molecule has 45 heavy (non-hydrogen) atoms. The van der Waals surface area contributed by atoms with E-state index in [2.05, 4.69) is 38.6 Å². The molecule has 3 atom stereocenters. The third kappa shape index (κ3) is 19.3. The van der Waals surface area contributed by atoms with Gasteiger partial charge in [0.2, 0.25) is 17.6 Å². The van der Waals surface area contributed by atoms with Gasteiger partial charge in [0.05, 0.1) is 17.2 Å². The number of Topliss-reactive ketones (excluding diaryl/α,β-unsaturated/α-hetero) is 1. The molecule has 0 aliphatic heterocycles. The highest BCUT2D eigenvalue weighted by Gasteiger charge is 2.34. The number of unbranched alkanes of at least 4 members (excludes halogenated alkanes) is 6. The maximum absolute atomic E-state index is 13.5. The van der Waals surface area contributed by atoms with Crippen molar-refractivity contribution >= 4 is 29.5 Å². The first kappa shape index (κ1) is 41.2. The van der Waals surface area contributed by atoms with Gasteiger partial charge in [-0.3, -0.25) is 19.2 Å². The van der Waals surface area contributed by atoms with Gasteiger partial charge >= 0.3 is 0 Å². The Balaban J connectivity index is 0.00000246. The molecular weight excluding hydrogens is 580 g/mol. The van der Waals surface area contributed by atoms with Gasteiger partial charge in [0.15, 0.2) is 5.03 Å². The normalized spacial score (nSPS) is 14.6. The maximum Gasteiger partial charge on any atom is 0.289 e. The zero-order valence-corrected chi connectivity index (χ0v) is 27.6. The summed E-state index contributed by atoms with van der Waals surface area (Å²) in [7, 11) is 0. The first-order valence-electron chi connectivity index (χ1n) is 16.4. The van der Waals surface area contributed by atoms with Crippen LogP contribution < -0.4 is 27.4 Å². The van der Waals surface area contributed by atoms with Crippen LogP contribution in [0, 0.1) is 39.2 Å². The topological polar surface area (TPSA) is 236 Å². The smallest absolute Gasteiger partial charge is 0.289 e. The van der Waals surface area contributed by atoms with E-state index < -0.39 is 40.7 Å². The second-order valence-electron chi connectivity index (χ2n) is 12.0. The molecule has 0 aromatic heterocycles. The minimum atomic E-state index is -0.963. The minimum absolute atomic E-state index is 0.0602. The van der Waals surface area contributed by atoms with Gasteiger partial charge in [0, 0.05) is 18.9 Å². The van der Waals surface area contributed by atoms with Gasteiger partial charge < -0.3 is 27.4 Å². The molecule has 0 heterocycles. The van der Waals surface area contributed by atoms with E-state index in [0.29, 0.717) is 38.1 Å². The highest BCUT2D eigenvalue weighted by Crippen LogP contribution is 2.34. The summed E-state index contributed by atoms with van der Waals surface area (Å²) in [4.78, 5) is 60.9. The Hall–Kier alpha value is -3.76. The van der Waals surface area contributed by atoms with E-state index in [4.69, 9.17) is 5.26 Å². The number of nitrogens with zero attached hydrogens (tertiary/aromatic N) is 3. The maximum atomic E-state index is 13.5. The Morgan fingerprint density at radius 1 is 0.933 bits per heavy atom. The lowest BCUT2D eigenvalue weighted by Crippen LogP contribution is -2.55. The van der Waals surface area contributed by atoms with Crippen LogP contribution in [0.15, 0.2) is 5.10 Å². The second-order valence-corrected chi connectivity index (χ2v) is 12.0. The summed E-state index contributed by atoms with van der Waals surface area (Å²) < 4.78 is 0. The van der Waals surface area contributed by atoms with Crippen LogP contribution in [0.5, 0.6) is 0 Å². The molecule has 1 fully saturated rings. The standard InChI is InChI=1S/C30H52N4O4.CH4N4O2/c1-5-16-25(29(37)34-26(21-22(3)4)27(35)30(38)32-6-2)33-28(36)24(23-17-13-14-18-23)19-12-10-8-7-9-11-15-20-31;2-1(3)4-5(6)7/h22-26H,5-19,21H2,1-4H3,(H,32,38)(H,33,36)(H,34,37);(H4,2,3,4). The molecular formula is C31H56N8O6. The molecule has 1 aliphatic rings. The van der Waals surface area contributed by atoms with Gasteiger partial charge in [0.25, 0.3) is 11.9 Å². The number of ketones is 1. The predicted octanol–water partition coefficient (Wildman–Crippen LogP) is 3.41. The van der Waals surface area contributed by atoms with Crippen molar-refractivity contribution in [3.63, 3.8) is 0 Å². The number of likely N-dealkylation sites (N-methyl/N-ethyl adjacent to an activating group) is 1. The lowest BCUT2D eigenvalue weighted by Gasteiger charge is -2.27. The predicted molar refractivity (Wildman–Crippen MR) is 173 cm³/mol. The molecule has 0 bridgehead atoms. The van der Waals surface area contributed by atoms with Crippen molar-refractivity contribution in [1.82, 2.24) is 16.0 Å². The van der Waals surface area contributed by atoms with Gasteiger partial charge in [-0.05, 0) is 57.3 Å². The van der Waals surface area contributed by atoms with Crippen molar-refractivity contribution < 1.29 is 24.2 Å². The summed E-state index contributed by atoms with van der Waals surface area (Å²) in [6.07, 6.45) is 13.7. The molecule has 14 nitrogen and oxygen atoms in total. The van der Waals surface area contributed by atoms with Gasteiger partial charge in [-0.1, -0.05) is 72.1 Å². The van der Waals surface area contributed by atoms with E-state index in [0.717, 1.165) is 70.6 Å². The number of hydrogen-bond acceptors (Lipinski definition) is 7. The van der Waals surface area contributed by atoms with Crippen LogP contribution in [0.25, 0.3) is 0 Å². The first-order chi connectivity index (χ1) is 21.4. The first-order valence-corrected chi connectivity index (χ1v) is 16.4. The minimum Gasteiger partial charge on any atom is -0.365 e. The number of carbonyl (C=O) groups is 4. The monoisotopic (exact) mass is 636 g/mol. The number of guanidine groups is 1. The van der Waals surface area contributed by atoms with Crippen LogP contribution in [0.1, 0.15) is 124 Å². The van der Waals surface area contributed by atoms with Crippen LogP contribution in [-0.2, 0) is 19.2 Å². The molecule has 3 amide bonds. The van der Waals surface area contributed by atoms with Crippen molar-refractivity contribution in [2.45, 2.75) is 136 Å². The molecule has 7 N–H and O–H groups in total. The summed E-state index contributed by atoms with van der Waals surface area (Å²) in [5.74, 6) is -1.98. The van der Waals surface area contributed by atoms with Crippen molar-refractivity contribution in [3.05, 3.63) is 10.1 Å². The Bertz CT molecular complexity index is 987. The molecule has 0 aromatic carbocycles. The largest absolute Gasteiger partial charge is 0.365 e. The van der Waals surface area contributed by atoms with Crippen molar-refractivity contribution in [2.24, 2.45) is 34.3 Å². The molecule has 0 aromatic rings. The number of nitro groups is 1. The molecule has 0 radical (unpaired) electrons. The SMILES string of the molecule is CCCC(NC(=O)C(CCCCCCCCC#N)C1CCCC1)C(=O)NC(CC(C)C)C(=O)C(=O)NCC.NC(N)=N[N+](=O)[O-]. The Labute approximate surface area is 268 Å². The van der Waals surface area contributed by atoms with Gasteiger partial charge in [-0.2, -0.15) is 5.26 Å². The molecule has 256 valence electrons. The Morgan fingerprint density at radius 3 is 2.00 bits per heavy atom. The van der Waals surface area contributed by atoms with E-state index in [1.165, 1.54) is 0 Å². The van der Waals surface area contributed by atoms with Crippen LogP contribution in [-0.4, -0.2) is 53.1 Å². The quantitative estimate of drug-likeness (QED) is 0.0309. The van der Waals surface area contributed by atoms with E-state index in [9.17, 15) is 29.3 Å². The fraction of sp³-hybridized carbons (Fsp3) is 0.806. The second kappa shape index (κ2) is 24.5. The summed E-state index contributed by atoms with van der Waals surface area (Å²) in [5.41, 5.74) is 9.16. The number of nitrogens with two attached hydrogens (primary N) is 2. The lowest BCUT2D eigenvalue weighted by atomic mass is 9.85. The number of carbonyl (C=O) groups excluding carboxylic acids is 4. The highest BCUT2D eigenvalue weighted by atomic mass is 16.7. The number of amides is 3. The summed E-state index contributed by atoms with van der Waals surface area (Å²) in [6.45, 7) is 7.92. The third-order valence-electron chi connectivity index (χ3n) is 7.67. The fourth-order valence-electron chi connectivity index (χ4n) is 5.53. The molecule has 0 saturated heterocycles. The van der Waals surface area contributed by atoms with Gasteiger partial charge in [-0.25, -0.2) is 10.1 Å². The average molecular weight is 637 g/mol. The van der Waals surface area contributed by atoms with E-state index in [-0.39, 0.29) is 17.7 Å². The van der Waals surface area contributed by atoms with Crippen molar-refractivity contribution in [3.8, 4) is 6.07 Å². The summed E-state index contributed by atoms with van der Waals surface area (Å²) >= 11 is 0. The molecule has 1 aliphatic carbocycles. The van der Waals surface area contributed by atoms with Crippen molar-refractivity contribution in [2.75, 3.05) is 6.54 Å². The van der Waals surface area contributed by atoms with Gasteiger partial charge in [0.1, 0.15) is 6.04 Å². The van der Waals surface area contributed by atoms with E-state index in [1.807, 2.05) is 20.8 Å². The summed E-state index contributed by atoms with van der Waals surface area (Å²) in [5, 5.41) is 27.8. The number of hydrogen-bond donors (Lipinski definition) is 5. The molecule has 0 spiro atoms. The van der Waals surface area contributed by atoms with Crippen LogP contribution in [0.3, 0.4) is 0 Å². The number of hydrazone groups is 1. The number of rotatable bonds is 21. The third-order valence-corrected chi connectivity index (χ3v) is 7.67. The van der Waals surface area contributed by atoms with Crippen LogP contribution in [0.4, 0.5) is 0 Å². The van der Waals surface area contributed by atoms with E-state index in [1.54, 1.807) is 6.92 Å². The number of nitrogens with one attached hydrogen (secondary N) is 3. The number of nitriles is 1. The zero-order valence-electron chi connectivity index (χ0n) is 27.6. The zero-order chi connectivity index (χ0) is 34.2. The lowest BCUT2D eigenvalue weighted by molar-refractivity contribution is -0.485. The highest BCUT2D eigenvalue weighted by molar-refractivity contribution is 6.38. The molecule has 3 unspecified atom stereocenters. The van der Waals surface area contributed by atoms with Crippen LogP contribution >= 0.6 is 0 Å².